The molecule has 34 heavy (non-hydrogen) atoms. The predicted molar refractivity (Wildman–Crippen MR) is 135 cm³/mol. The summed E-state index contributed by atoms with van der Waals surface area (Å²) in [5, 5.41) is 17.1. The van der Waals surface area contributed by atoms with Gasteiger partial charge in [0.1, 0.15) is 0 Å². The summed E-state index contributed by atoms with van der Waals surface area (Å²) in [6.07, 6.45) is 12.5. The first-order valence-electron chi connectivity index (χ1n) is 13.6. The number of allylic oxidation sites excluding steroid dienone is 1. The largest absolute Gasteiger partial charge is 0.393 e. The van der Waals surface area contributed by atoms with Crippen LogP contribution in [0.1, 0.15) is 90.2 Å². The van der Waals surface area contributed by atoms with Gasteiger partial charge in [-0.2, -0.15) is 5.10 Å². The van der Waals surface area contributed by atoms with Gasteiger partial charge in [-0.25, -0.2) is 5.01 Å². The minimum Gasteiger partial charge on any atom is -0.393 e. The lowest BCUT2D eigenvalue weighted by atomic mass is 9.47. The lowest BCUT2D eigenvalue weighted by Crippen LogP contribution is -2.51. The summed E-state index contributed by atoms with van der Waals surface area (Å²) in [6, 6.07) is 10.5. The van der Waals surface area contributed by atoms with Gasteiger partial charge in [-0.15, -0.1) is 0 Å². The molecule has 4 nitrogen and oxygen atoms in total. The summed E-state index contributed by atoms with van der Waals surface area (Å²) >= 11 is 0. The molecule has 3 saturated carbocycles. The second kappa shape index (κ2) is 8.05. The van der Waals surface area contributed by atoms with Crippen molar-refractivity contribution in [3.05, 3.63) is 47.5 Å². The van der Waals surface area contributed by atoms with Gasteiger partial charge in [0, 0.05) is 25.0 Å². The molecule has 0 bridgehead atoms. The Kier molecular flexibility index (Phi) is 5.33. The smallest absolute Gasteiger partial charge is 0.240 e. The van der Waals surface area contributed by atoms with Crippen LogP contribution in [0.5, 0.6) is 0 Å². The van der Waals surface area contributed by atoms with E-state index >= 15 is 0 Å². The molecular weight excluding hydrogens is 420 g/mol. The first kappa shape index (κ1) is 22.5. The monoisotopic (exact) mass is 460 g/mol. The molecule has 1 aromatic carbocycles. The molecule has 1 amide bonds. The fourth-order valence-corrected chi connectivity index (χ4v) is 9.16. The average molecular weight is 461 g/mol. The number of rotatable bonds is 2. The van der Waals surface area contributed by atoms with E-state index in [4.69, 9.17) is 5.10 Å². The highest BCUT2D eigenvalue weighted by atomic mass is 16.3. The number of aliphatic hydroxyl groups excluding tert-OH is 1. The number of carbonyl (C=O) groups excluding carboxylic acids is 1. The van der Waals surface area contributed by atoms with Crippen LogP contribution in [-0.4, -0.2) is 27.8 Å². The van der Waals surface area contributed by atoms with Crippen molar-refractivity contribution in [2.45, 2.75) is 90.7 Å². The van der Waals surface area contributed by atoms with Crippen LogP contribution in [0.2, 0.25) is 0 Å². The molecule has 1 N–H and O–H groups in total. The highest BCUT2D eigenvalue weighted by Gasteiger charge is 2.59. The van der Waals surface area contributed by atoms with Crippen LogP contribution >= 0.6 is 0 Å². The van der Waals surface area contributed by atoms with Crippen molar-refractivity contribution >= 4 is 11.6 Å². The Morgan fingerprint density at radius 1 is 1.03 bits per heavy atom. The second-order valence-corrected chi connectivity index (χ2v) is 12.4. The van der Waals surface area contributed by atoms with Crippen molar-refractivity contribution in [2.24, 2.45) is 39.6 Å². The highest BCUT2D eigenvalue weighted by Crippen LogP contribution is 2.66. The maximum Gasteiger partial charge on any atom is 0.240 e. The van der Waals surface area contributed by atoms with Crippen LogP contribution < -0.4 is 0 Å². The van der Waals surface area contributed by atoms with Crippen molar-refractivity contribution in [3.8, 4) is 0 Å². The zero-order valence-electron chi connectivity index (χ0n) is 21.0. The minimum absolute atomic E-state index is 0.0421. The number of nitrogens with zero attached hydrogens (tertiary/aromatic N) is 2. The number of hydrogen-bond acceptors (Lipinski definition) is 3. The molecule has 0 spiro atoms. The van der Waals surface area contributed by atoms with Crippen molar-refractivity contribution in [1.82, 2.24) is 5.01 Å². The molecule has 1 aliphatic heterocycles. The average Bonchev–Trinajstić information content (AvgIpc) is 3.41. The lowest BCUT2D eigenvalue weighted by Gasteiger charge is -2.58. The summed E-state index contributed by atoms with van der Waals surface area (Å²) in [5.41, 5.74) is 4.58. The molecule has 4 heteroatoms. The van der Waals surface area contributed by atoms with Crippen LogP contribution in [0.15, 0.2) is 47.1 Å². The molecule has 182 valence electrons. The highest BCUT2D eigenvalue weighted by molar-refractivity contribution is 5.92. The Morgan fingerprint density at radius 3 is 2.59 bits per heavy atom. The topological polar surface area (TPSA) is 52.9 Å². The van der Waals surface area contributed by atoms with Gasteiger partial charge in [0.15, 0.2) is 0 Å². The summed E-state index contributed by atoms with van der Waals surface area (Å²) in [4.78, 5) is 12.5. The maximum absolute atomic E-state index is 12.5. The van der Waals surface area contributed by atoms with Gasteiger partial charge in [-0.05, 0) is 85.5 Å². The maximum atomic E-state index is 12.5. The van der Waals surface area contributed by atoms with E-state index in [1.165, 1.54) is 43.4 Å². The van der Waals surface area contributed by atoms with E-state index in [1.807, 2.05) is 6.07 Å². The van der Waals surface area contributed by atoms with Crippen molar-refractivity contribution < 1.29 is 9.90 Å². The first-order valence-corrected chi connectivity index (χ1v) is 13.6. The molecule has 5 aliphatic rings. The quantitative estimate of drug-likeness (QED) is 0.528. The SMILES string of the molecule is CC(=O)N1N=C([C@H]2CC[C@H]3[C@@H]4CC=C5C[C@@H](O)CC[C@]5(C)[C@H]4CC[C@]23C)C[C@@H]1c1ccccc1. The zero-order chi connectivity index (χ0) is 23.7. The van der Waals surface area contributed by atoms with Gasteiger partial charge in [-0.1, -0.05) is 55.8 Å². The third-order valence-corrected chi connectivity index (χ3v) is 10.9. The van der Waals surface area contributed by atoms with Crippen molar-refractivity contribution in [1.29, 1.82) is 0 Å². The summed E-state index contributed by atoms with van der Waals surface area (Å²) in [5.74, 6) is 2.78. The predicted octanol–water partition coefficient (Wildman–Crippen LogP) is 6.28. The Labute approximate surface area is 204 Å². The molecule has 6 rings (SSSR count). The van der Waals surface area contributed by atoms with E-state index < -0.39 is 0 Å². The summed E-state index contributed by atoms with van der Waals surface area (Å²) in [6.45, 7) is 6.71. The molecule has 8 atom stereocenters. The van der Waals surface area contributed by atoms with Crippen LogP contribution in [0.3, 0.4) is 0 Å². The summed E-state index contributed by atoms with van der Waals surface area (Å²) in [7, 11) is 0. The van der Waals surface area contributed by atoms with Crippen LogP contribution in [-0.2, 0) is 4.79 Å². The number of hydrazone groups is 1. The number of carbonyl (C=O) groups is 1. The van der Waals surface area contributed by atoms with Gasteiger partial charge in [0.25, 0.3) is 0 Å². The molecule has 0 aromatic heterocycles. The second-order valence-electron chi connectivity index (χ2n) is 12.4. The molecular formula is C30H40N2O2. The molecule has 1 aromatic rings. The number of benzene rings is 1. The summed E-state index contributed by atoms with van der Waals surface area (Å²) < 4.78 is 0. The molecule has 0 radical (unpaired) electrons. The molecule has 0 saturated heterocycles. The van der Waals surface area contributed by atoms with Crippen LogP contribution in [0.4, 0.5) is 0 Å². The first-order chi connectivity index (χ1) is 16.3. The Bertz CT molecular complexity index is 1030. The lowest BCUT2D eigenvalue weighted by molar-refractivity contribution is -0.130. The van der Waals surface area contributed by atoms with Gasteiger partial charge >= 0.3 is 0 Å². The normalized spacial score (nSPS) is 43.5. The Hall–Kier alpha value is -1.94. The van der Waals surface area contributed by atoms with E-state index in [-0.39, 0.29) is 28.9 Å². The molecule has 4 aliphatic carbocycles. The van der Waals surface area contributed by atoms with Gasteiger partial charge in [0.05, 0.1) is 12.1 Å². The molecule has 3 fully saturated rings. The van der Waals surface area contributed by atoms with Gasteiger partial charge in [0.2, 0.25) is 5.91 Å². The third kappa shape index (κ3) is 3.27. The van der Waals surface area contributed by atoms with Crippen molar-refractivity contribution in [3.63, 3.8) is 0 Å². The van der Waals surface area contributed by atoms with Crippen molar-refractivity contribution in [2.75, 3.05) is 0 Å². The van der Waals surface area contributed by atoms with E-state index in [9.17, 15) is 9.90 Å². The number of amides is 1. The van der Waals surface area contributed by atoms with Crippen LogP contribution in [0.25, 0.3) is 0 Å². The minimum atomic E-state index is -0.136. The Balaban J connectivity index is 1.27. The fraction of sp³-hybridized carbons (Fsp3) is 0.667. The van der Waals surface area contributed by atoms with E-state index in [2.05, 4.69) is 44.2 Å². The molecule has 0 unspecified atom stereocenters. The Morgan fingerprint density at radius 2 is 1.82 bits per heavy atom. The van der Waals surface area contributed by atoms with E-state index in [0.29, 0.717) is 5.92 Å². The number of aliphatic hydroxyl groups is 1. The van der Waals surface area contributed by atoms with Gasteiger partial charge < -0.3 is 5.11 Å². The van der Waals surface area contributed by atoms with E-state index in [0.717, 1.165) is 43.4 Å². The number of hydrogen-bond donors (Lipinski definition) is 1. The number of fused-ring (bicyclic) bond motifs is 5. The fourth-order valence-electron chi connectivity index (χ4n) is 9.16. The standard InChI is InChI=1S/C30H40N2O2/c1-19(33)32-28(20-7-5-4-6-8-20)18-27(31-32)26-12-11-24-23-10-9-21-17-22(34)13-15-29(21,2)25(23)14-16-30(24,26)3/h4-9,22-26,28,34H,10-18H2,1-3H3/t22-,23-,24-,25-,26+,28+,29-,30-/m0/s1. The molecule has 1 heterocycles. The van der Waals surface area contributed by atoms with Gasteiger partial charge in [-0.3, -0.25) is 4.79 Å². The van der Waals surface area contributed by atoms with E-state index in [1.54, 1.807) is 17.5 Å². The third-order valence-electron chi connectivity index (χ3n) is 10.9. The van der Waals surface area contributed by atoms with Crippen LogP contribution in [0, 0.1) is 34.5 Å². The zero-order valence-corrected chi connectivity index (χ0v) is 21.0.